The molecule has 2 aliphatic heterocycles. The van der Waals surface area contributed by atoms with Gasteiger partial charge in [-0.1, -0.05) is 102 Å². The molecule has 0 aliphatic carbocycles. The van der Waals surface area contributed by atoms with E-state index in [0.717, 1.165) is 0 Å². The molecule has 5 aromatic rings. The van der Waals surface area contributed by atoms with Crippen LogP contribution in [-0.4, -0.2) is 6.71 Å². The summed E-state index contributed by atoms with van der Waals surface area (Å²) in [4.78, 5) is 4.98. The molecule has 3 heteroatoms. The number of anilines is 6. The Hall–Kier alpha value is -4.24. The molecule has 0 aromatic heterocycles. The van der Waals surface area contributed by atoms with Crippen molar-refractivity contribution in [3.05, 3.63) is 126 Å². The third kappa shape index (κ3) is 4.17. The van der Waals surface area contributed by atoms with Gasteiger partial charge in [-0.2, -0.15) is 0 Å². The first-order valence-corrected chi connectivity index (χ1v) is 15.2. The van der Waals surface area contributed by atoms with E-state index in [0.29, 0.717) is 0 Å². The van der Waals surface area contributed by atoms with Gasteiger partial charge in [-0.15, -0.1) is 0 Å². The smallest absolute Gasteiger partial charge is 0.252 e. The maximum Gasteiger partial charge on any atom is 0.252 e. The molecule has 7 rings (SSSR count). The number of rotatable bonds is 2. The average molecular weight is 547 g/mol. The summed E-state index contributed by atoms with van der Waals surface area (Å²) in [5.74, 6) is 0. The summed E-state index contributed by atoms with van der Waals surface area (Å²) >= 11 is 0. The molecule has 0 radical (unpaired) electrons. The lowest BCUT2D eigenvalue weighted by Crippen LogP contribution is -2.61. The Kier molecular flexibility index (Phi) is 5.96. The van der Waals surface area contributed by atoms with Gasteiger partial charge in [0.15, 0.2) is 0 Å². The average Bonchev–Trinajstić information content (AvgIpc) is 2.96. The van der Waals surface area contributed by atoms with Crippen LogP contribution in [-0.2, 0) is 10.8 Å². The van der Waals surface area contributed by atoms with E-state index in [9.17, 15) is 0 Å². The highest BCUT2D eigenvalue weighted by atomic mass is 15.2. The van der Waals surface area contributed by atoms with Crippen LogP contribution in [0, 0.1) is 6.92 Å². The van der Waals surface area contributed by atoms with Crippen molar-refractivity contribution in [3.8, 4) is 0 Å². The van der Waals surface area contributed by atoms with Crippen LogP contribution >= 0.6 is 0 Å². The first-order valence-electron chi connectivity index (χ1n) is 15.2. The van der Waals surface area contributed by atoms with Crippen LogP contribution in [0.3, 0.4) is 0 Å². The fourth-order valence-electron chi connectivity index (χ4n) is 6.80. The molecule has 0 spiro atoms. The van der Waals surface area contributed by atoms with Gasteiger partial charge in [0.2, 0.25) is 0 Å². The summed E-state index contributed by atoms with van der Waals surface area (Å²) in [6.45, 7) is 16.2. The molecular formula is C39H39BN2. The molecule has 42 heavy (non-hydrogen) atoms. The molecule has 0 unspecified atom stereocenters. The zero-order valence-electron chi connectivity index (χ0n) is 25.9. The zero-order chi connectivity index (χ0) is 29.4. The Morgan fingerprint density at radius 1 is 0.476 bits per heavy atom. The second-order valence-electron chi connectivity index (χ2n) is 14.0. The lowest BCUT2D eigenvalue weighted by molar-refractivity contribution is 0.590. The summed E-state index contributed by atoms with van der Waals surface area (Å²) in [5, 5.41) is 0. The van der Waals surface area contributed by atoms with Crippen LogP contribution in [0.15, 0.2) is 109 Å². The van der Waals surface area contributed by atoms with Crippen LogP contribution < -0.4 is 26.2 Å². The molecule has 0 saturated heterocycles. The van der Waals surface area contributed by atoms with Gasteiger partial charge in [0, 0.05) is 34.1 Å². The number of fused-ring (bicyclic) bond motifs is 4. The lowest BCUT2D eigenvalue weighted by atomic mass is 9.33. The number of nitrogens with zero attached hydrogens (tertiary/aromatic N) is 2. The minimum Gasteiger partial charge on any atom is -0.311 e. The number of hydrogen-bond acceptors (Lipinski definition) is 2. The first kappa shape index (κ1) is 26.7. The number of hydrogen-bond donors (Lipinski definition) is 0. The monoisotopic (exact) mass is 546 g/mol. The van der Waals surface area contributed by atoms with Gasteiger partial charge in [0.05, 0.1) is 0 Å². The molecule has 0 bridgehead atoms. The van der Waals surface area contributed by atoms with Crippen molar-refractivity contribution in [2.75, 3.05) is 9.80 Å². The van der Waals surface area contributed by atoms with E-state index < -0.39 is 0 Å². The minimum atomic E-state index is 0.0505. The maximum atomic E-state index is 2.51. The Balaban J connectivity index is 1.56. The molecule has 2 aliphatic rings. The van der Waals surface area contributed by atoms with Crippen LogP contribution in [0.25, 0.3) is 0 Å². The first-order chi connectivity index (χ1) is 20.0. The van der Waals surface area contributed by atoms with Crippen molar-refractivity contribution in [1.29, 1.82) is 0 Å². The number of para-hydroxylation sites is 2. The van der Waals surface area contributed by atoms with Gasteiger partial charge in [0.1, 0.15) is 0 Å². The third-order valence-corrected chi connectivity index (χ3v) is 8.99. The van der Waals surface area contributed by atoms with Crippen molar-refractivity contribution in [3.63, 3.8) is 0 Å². The van der Waals surface area contributed by atoms with Crippen molar-refractivity contribution in [1.82, 2.24) is 0 Å². The van der Waals surface area contributed by atoms with E-state index >= 15 is 0 Å². The molecule has 0 amide bonds. The van der Waals surface area contributed by atoms with Crippen LogP contribution in [0.5, 0.6) is 0 Å². The fraction of sp³-hybridized carbons (Fsp3) is 0.231. The van der Waals surface area contributed by atoms with Crippen molar-refractivity contribution in [2.45, 2.75) is 59.3 Å². The Labute approximate surface area is 251 Å². The molecule has 0 saturated carbocycles. The van der Waals surface area contributed by atoms with Crippen LogP contribution in [0.2, 0.25) is 0 Å². The topological polar surface area (TPSA) is 6.48 Å². The highest BCUT2D eigenvalue weighted by molar-refractivity contribution is 7.00. The molecule has 5 aromatic carbocycles. The Morgan fingerprint density at radius 2 is 1.00 bits per heavy atom. The van der Waals surface area contributed by atoms with Gasteiger partial charge in [-0.25, -0.2) is 0 Å². The quantitative estimate of drug-likeness (QED) is 0.200. The standard InChI is InChI=1S/C39H39BN2/c1-26-23-35-37-36(24-26)42(30-20-17-27(18-21-30)38(2,3)4)34-22-19-28(39(5,6)7)25-32(34)40(37)31-15-11-12-16-33(31)41(35)29-13-9-8-10-14-29/h8-25H,1-7H3. The molecule has 0 fully saturated rings. The van der Waals surface area contributed by atoms with Gasteiger partial charge in [-0.05, 0) is 99.4 Å². The fourth-order valence-corrected chi connectivity index (χ4v) is 6.80. The molecular weight excluding hydrogens is 507 g/mol. The molecule has 208 valence electrons. The van der Waals surface area contributed by atoms with Gasteiger partial charge >= 0.3 is 0 Å². The van der Waals surface area contributed by atoms with Crippen molar-refractivity contribution < 1.29 is 0 Å². The predicted molar refractivity (Wildman–Crippen MR) is 183 cm³/mol. The van der Waals surface area contributed by atoms with E-state index in [1.54, 1.807) is 0 Å². The van der Waals surface area contributed by atoms with Gasteiger partial charge < -0.3 is 9.80 Å². The van der Waals surface area contributed by atoms with Crippen molar-refractivity contribution >= 4 is 57.2 Å². The van der Waals surface area contributed by atoms with Gasteiger partial charge in [0.25, 0.3) is 6.71 Å². The van der Waals surface area contributed by atoms with E-state index in [1.807, 2.05) is 0 Å². The minimum absolute atomic E-state index is 0.0505. The summed E-state index contributed by atoms with van der Waals surface area (Å²) in [5.41, 5.74) is 15.7. The van der Waals surface area contributed by atoms with E-state index in [-0.39, 0.29) is 17.5 Å². The van der Waals surface area contributed by atoms with Crippen LogP contribution in [0.4, 0.5) is 34.1 Å². The third-order valence-electron chi connectivity index (χ3n) is 8.99. The normalized spacial score (nSPS) is 13.9. The summed E-state index contributed by atoms with van der Waals surface area (Å²) < 4.78 is 0. The van der Waals surface area contributed by atoms with E-state index in [4.69, 9.17) is 0 Å². The lowest BCUT2D eigenvalue weighted by Gasteiger charge is -2.44. The highest BCUT2D eigenvalue weighted by Crippen LogP contribution is 2.45. The van der Waals surface area contributed by atoms with E-state index in [2.05, 4.69) is 167 Å². The molecule has 2 nitrogen and oxygen atoms in total. The second-order valence-corrected chi connectivity index (χ2v) is 14.0. The maximum absolute atomic E-state index is 2.51. The summed E-state index contributed by atoms with van der Waals surface area (Å²) in [6.07, 6.45) is 0. The van der Waals surface area contributed by atoms with Gasteiger partial charge in [-0.3, -0.25) is 0 Å². The van der Waals surface area contributed by atoms with E-state index in [1.165, 1.54) is 67.2 Å². The van der Waals surface area contributed by atoms with Crippen LogP contribution in [0.1, 0.15) is 58.2 Å². The summed E-state index contributed by atoms with van der Waals surface area (Å²) in [6, 6.07) is 41.0. The molecule has 2 heterocycles. The molecule has 0 atom stereocenters. The largest absolute Gasteiger partial charge is 0.311 e. The Bertz CT molecular complexity index is 1810. The number of aryl methyl sites for hydroxylation is 1. The highest BCUT2D eigenvalue weighted by Gasteiger charge is 2.43. The SMILES string of the molecule is Cc1cc2c3c(c1)N(c1ccc(C(C)(C)C)cc1)c1ccc(C(C)(C)C)cc1B3c1ccccc1N2c1ccccc1. The number of benzene rings is 5. The molecule has 0 N–H and O–H groups in total. The predicted octanol–water partition coefficient (Wildman–Crippen LogP) is 8.67. The zero-order valence-corrected chi connectivity index (χ0v) is 25.9. The van der Waals surface area contributed by atoms with Crippen molar-refractivity contribution in [2.24, 2.45) is 0 Å². The Morgan fingerprint density at radius 3 is 1.62 bits per heavy atom. The second kappa shape index (κ2) is 9.39. The summed E-state index contributed by atoms with van der Waals surface area (Å²) in [7, 11) is 0.